The van der Waals surface area contributed by atoms with Gasteiger partial charge in [-0.25, -0.2) is 0 Å². The van der Waals surface area contributed by atoms with Gasteiger partial charge in [0.05, 0.1) is 6.54 Å². The Balaban J connectivity index is 1.47. The zero-order valence-electron chi connectivity index (χ0n) is 11.8. The molecule has 0 saturated heterocycles. The van der Waals surface area contributed by atoms with Crippen LogP contribution in [0.15, 0.2) is 42.5 Å². The van der Waals surface area contributed by atoms with Gasteiger partial charge < -0.3 is 14.8 Å². The van der Waals surface area contributed by atoms with Gasteiger partial charge in [0, 0.05) is 12.0 Å². The number of fused-ring (bicyclic) bond motifs is 1. The number of hydrogen-bond acceptors (Lipinski definition) is 2. The number of aryl methyl sites for hydroxylation is 1. The van der Waals surface area contributed by atoms with E-state index in [4.69, 9.17) is 9.47 Å². The maximum Gasteiger partial charge on any atom is 0.231 e. The zero-order chi connectivity index (χ0) is 13.8. The van der Waals surface area contributed by atoms with Crippen molar-refractivity contribution in [3.05, 3.63) is 59.2 Å². The first-order valence-electron chi connectivity index (χ1n) is 7.07. The summed E-state index contributed by atoms with van der Waals surface area (Å²) < 4.78 is 10.7. The molecule has 3 nitrogen and oxygen atoms in total. The van der Waals surface area contributed by atoms with Crippen LogP contribution >= 0.6 is 0 Å². The van der Waals surface area contributed by atoms with Crippen molar-refractivity contribution in [3.63, 3.8) is 0 Å². The number of rotatable bonds is 5. The number of benzene rings is 2. The Bertz CT molecular complexity index is 578. The van der Waals surface area contributed by atoms with Gasteiger partial charge in [-0.2, -0.15) is 0 Å². The van der Waals surface area contributed by atoms with Crippen molar-refractivity contribution in [1.82, 2.24) is 0 Å². The third-order valence-corrected chi connectivity index (χ3v) is 3.57. The summed E-state index contributed by atoms with van der Waals surface area (Å²) in [7, 11) is 0. The monoisotopic (exact) mass is 270 g/mol. The Hall–Kier alpha value is -2.00. The van der Waals surface area contributed by atoms with Crippen molar-refractivity contribution in [3.8, 4) is 11.5 Å². The van der Waals surface area contributed by atoms with Gasteiger partial charge in [-0.3, -0.25) is 0 Å². The average molecular weight is 270 g/mol. The second-order valence-electron chi connectivity index (χ2n) is 5.20. The van der Waals surface area contributed by atoms with Crippen molar-refractivity contribution in [2.45, 2.75) is 19.9 Å². The summed E-state index contributed by atoms with van der Waals surface area (Å²) >= 11 is 0. The molecule has 2 aromatic carbocycles. The quantitative estimate of drug-likeness (QED) is 0.844. The normalized spacial score (nSPS) is 12.7. The maximum absolute atomic E-state index is 5.39. The number of quaternary nitrogens is 1. The van der Waals surface area contributed by atoms with E-state index in [0.29, 0.717) is 6.79 Å². The molecule has 0 fully saturated rings. The fourth-order valence-corrected chi connectivity index (χ4v) is 2.36. The van der Waals surface area contributed by atoms with E-state index in [1.165, 1.54) is 16.7 Å². The first kappa shape index (κ1) is 13.0. The van der Waals surface area contributed by atoms with Crippen LogP contribution in [0, 0.1) is 6.92 Å². The number of nitrogens with two attached hydrogens (primary N) is 1. The molecule has 0 saturated carbocycles. The lowest BCUT2D eigenvalue weighted by atomic mass is 10.1. The highest BCUT2D eigenvalue weighted by Crippen LogP contribution is 2.32. The molecule has 0 aromatic heterocycles. The van der Waals surface area contributed by atoms with Crippen LogP contribution in [0.25, 0.3) is 0 Å². The van der Waals surface area contributed by atoms with Crippen molar-refractivity contribution in [2.75, 3.05) is 13.3 Å². The van der Waals surface area contributed by atoms with Crippen LogP contribution in [0.5, 0.6) is 11.5 Å². The molecule has 1 aliphatic heterocycles. The van der Waals surface area contributed by atoms with E-state index < -0.39 is 0 Å². The minimum Gasteiger partial charge on any atom is -0.454 e. The lowest BCUT2D eigenvalue weighted by Gasteiger charge is -2.04. The van der Waals surface area contributed by atoms with Gasteiger partial charge in [0.15, 0.2) is 11.5 Å². The second-order valence-corrected chi connectivity index (χ2v) is 5.20. The number of hydrogen-bond donors (Lipinski definition) is 1. The topological polar surface area (TPSA) is 35.1 Å². The summed E-state index contributed by atoms with van der Waals surface area (Å²) in [6, 6.07) is 14.9. The molecule has 0 amide bonds. The summed E-state index contributed by atoms with van der Waals surface area (Å²) in [6.07, 6.45) is 1.04. The third kappa shape index (κ3) is 3.11. The molecular formula is C17H20NO2+. The molecule has 20 heavy (non-hydrogen) atoms. The minimum absolute atomic E-state index is 0.346. The van der Waals surface area contributed by atoms with Crippen LogP contribution in [-0.2, 0) is 13.0 Å². The van der Waals surface area contributed by atoms with E-state index in [1.807, 2.05) is 6.07 Å². The SMILES string of the molecule is Cc1ccc(C[NH2+]CCc2ccc3c(c2)OCO3)cc1. The highest BCUT2D eigenvalue weighted by molar-refractivity contribution is 5.44. The molecule has 1 aliphatic rings. The van der Waals surface area contributed by atoms with Crippen LogP contribution in [0.4, 0.5) is 0 Å². The molecule has 0 bridgehead atoms. The van der Waals surface area contributed by atoms with E-state index in [9.17, 15) is 0 Å². The van der Waals surface area contributed by atoms with Crippen LogP contribution in [0.1, 0.15) is 16.7 Å². The van der Waals surface area contributed by atoms with Crippen LogP contribution < -0.4 is 14.8 Å². The molecule has 104 valence electrons. The molecule has 0 radical (unpaired) electrons. The van der Waals surface area contributed by atoms with Gasteiger partial charge in [-0.15, -0.1) is 0 Å². The molecule has 3 rings (SSSR count). The van der Waals surface area contributed by atoms with E-state index >= 15 is 0 Å². The van der Waals surface area contributed by atoms with Gasteiger partial charge in [0.1, 0.15) is 6.54 Å². The predicted octanol–water partition coefficient (Wildman–Crippen LogP) is 2.03. The molecule has 2 N–H and O–H groups in total. The standard InChI is InChI=1S/C17H19NO2/c1-13-2-4-15(5-3-13)11-18-9-8-14-6-7-16-17(10-14)20-12-19-16/h2-7,10,18H,8-9,11-12H2,1H3/p+1. The Morgan fingerprint density at radius 2 is 1.70 bits per heavy atom. The first-order valence-corrected chi connectivity index (χ1v) is 7.07. The van der Waals surface area contributed by atoms with Crippen molar-refractivity contribution in [2.24, 2.45) is 0 Å². The Morgan fingerprint density at radius 1 is 0.950 bits per heavy atom. The molecule has 3 heteroatoms. The zero-order valence-corrected chi connectivity index (χ0v) is 11.8. The van der Waals surface area contributed by atoms with Crippen LogP contribution in [0.2, 0.25) is 0 Å². The van der Waals surface area contributed by atoms with E-state index in [2.05, 4.69) is 48.6 Å². The van der Waals surface area contributed by atoms with Crippen molar-refractivity contribution >= 4 is 0 Å². The Kier molecular flexibility index (Phi) is 3.88. The van der Waals surface area contributed by atoms with E-state index in [-0.39, 0.29) is 0 Å². The summed E-state index contributed by atoms with van der Waals surface area (Å²) in [5, 5.41) is 2.34. The van der Waals surface area contributed by atoms with E-state index in [0.717, 1.165) is 31.0 Å². The predicted molar refractivity (Wildman–Crippen MR) is 77.9 cm³/mol. The van der Waals surface area contributed by atoms with Gasteiger partial charge in [0.25, 0.3) is 0 Å². The molecule has 1 heterocycles. The van der Waals surface area contributed by atoms with Gasteiger partial charge in [-0.05, 0) is 24.6 Å². The summed E-state index contributed by atoms with van der Waals surface area (Å²) in [5.41, 5.74) is 3.99. The van der Waals surface area contributed by atoms with Crippen molar-refractivity contribution in [1.29, 1.82) is 0 Å². The minimum atomic E-state index is 0.346. The first-order chi connectivity index (χ1) is 9.81. The molecule has 0 aliphatic carbocycles. The highest BCUT2D eigenvalue weighted by Gasteiger charge is 2.13. The molecule has 0 unspecified atom stereocenters. The van der Waals surface area contributed by atoms with Gasteiger partial charge in [-0.1, -0.05) is 35.9 Å². The van der Waals surface area contributed by atoms with E-state index in [1.54, 1.807) is 0 Å². The lowest BCUT2D eigenvalue weighted by Crippen LogP contribution is -2.83. The molecule has 2 aromatic rings. The Morgan fingerprint density at radius 3 is 2.55 bits per heavy atom. The third-order valence-electron chi connectivity index (χ3n) is 3.57. The fourth-order valence-electron chi connectivity index (χ4n) is 2.36. The molecule has 0 atom stereocenters. The van der Waals surface area contributed by atoms with Gasteiger partial charge >= 0.3 is 0 Å². The van der Waals surface area contributed by atoms with Crippen molar-refractivity contribution < 1.29 is 14.8 Å². The smallest absolute Gasteiger partial charge is 0.231 e. The van der Waals surface area contributed by atoms with Gasteiger partial charge in [0.2, 0.25) is 6.79 Å². The lowest BCUT2D eigenvalue weighted by molar-refractivity contribution is -0.670. The summed E-state index contributed by atoms with van der Waals surface area (Å²) in [4.78, 5) is 0. The summed E-state index contributed by atoms with van der Waals surface area (Å²) in [6.45, 7) is 4.57. The highest BCUT2D eigenvalue weighted by atomic mass is 16.7. The molecular weight excluding hydrogens is 250 g/mol. The van der Waals surface area contributed by atoms with Crippen LogP contribution in [-0.4, -0.2) is 13.3 Å². The second kappa shape index (κ2) is 5.97. The summed E-state index contributed by atoms with van der Waals surface area (Å²) in [5.74, 6) is 1.73. The Labute approximate surface area is 119 Å². The molecule has 0 spiro atoms. The van der Waals surface area contributed by atoms with Crippen LogP contribution in [0.3, 0.4) is 0 Å². The largest absolute Gasteiger partial charge is 0.454 e. The fraction of sp³-hybridized carbons (Fsp3) is 0.294. The number of ether oxygens (including phenoxy) is 2. The average Bonchev–Trinajstić information content (AvgIpc) is 2.93. The maximum atomic E-state index is 5.39.